The smallest absolute Gasteiger partial charge is 0.0856 e. The molecule has 0 aliphatic rings. The Hall–Kier alpha value is -1.68. The number of hydrogen-bond donors (Lipinski definition) is 1. The molecule has 0 spiro atoms. The van der Waals surface area contributed by atoms with Crippen molar-refractivity contribution in [3.63, 3.8) is 0 Å². The number of aromatic nitrogens is 3. The first-order valence-electron chi connectivity index (χ1n) is 4.23. The van der Waals surface area contributed by atoms with Gasteiger partial charge in [0.2, 0.25) is 0 Å². The van der Waals surface area contributed by atoms with Gasteiger partial charge < -0.3 is 6.15 Å². The molecule has 2 aromatic rings. The van der Waals surface area contributed by atoms with Gasteiger partial charge in [-0.3, -0.25) is 0 Å². The molecule has 0 amide bonds. The van der Waals surface area contributed by atoms with Gasteiger partial charge in [0.05, 0.1) is 17.1 Å². The first kappa shape index (κ1) is 10.4. The van der Waals surface area contributed by atoms with E-state index >= 15 is 0 Å². The van der Waals surface area contributed by atoms with Crippen LogP contribution in [0.2, 0.25) is 0 Å². The molecule has 0 aliphatic heterocycles. The normalized spacial score (nSPS) is 9.57. The first-order valence-corrected chi connectivity index (χ1v) is 4.23. The summed E-state index contributed by atoms with van der Waals surface area (Å²) >= 11 is 0. The molecule has 0 saturated heterocycles. The third-order valence-corrected chi connectivity index (χ3v) is 2.00. The van der Waals surface area contributed by atoms with Gasteiger partial charge in [0.1, 0.15) is 0 Å². The van der Waals surface area contributed by atoms with E-state index in [4.69, 9.17) is 0 Å². The van der Waals surface area contributed by atoms with Crippen molar-refractivity contribution in [1.82, 2.24) is 21.1 Å². The second-order valence-corrected chi connectivity index (χ2v) is 3.00. The summed E-state index contributed by atoms with van der Waals surface area (Å²) in [5, 5.41) is 8.57. The lowest BCUT2D eigenvalue weighted by atomic mass is 10.3. The van der Waals surface area contributed by atoms with Crippen molar-refractivity contribution in [2.45, 2.75) is 13.8 Å². The van der Waals surface area contributed by atoms with Gasteiger partial charge in [0, 0.05) is 0 Å². The average Bonchev–Trinajstić information content (AvgIpc) is 2.49. The van der Waals surface area contributed by atoms with Crippen LogP contribution in [-0.4, -0.2) is 15.0 Å². The fourth-order valence-corrected chi connectivity index (χ4v) is 1.13. The Bertz CT molecular complexity index is 386. The van der Waals surface area contributed by atoms with Crippen molar-refractivity contribution in [2.24, 2.45) is 0 Å². The van der Waals surface area contributed by atoms with Crippen molar-refractivity contribution >= 4 is 0 Å². The van der Waals surface area contributed by atoms with Gasteiger partial charge in [0.25, 0.3) is 0 Å². The third kappa shape index (κ3) is 1.80. The van der Waals surface area contributed by atoms with E-state index in [0.29, 0.717) is 0 Å². The summed E-state index contributed by atoms with van der Waals surface area (Å²) in [6, 6.07) is 9.90. The average molecular weight is 190 g/mol. The van der Waals surface area contributed by atoms with E-state index in [-0.39, 0.29) is 6.15 Å². The summed E-state index contributed by atoms with van der Waals surface area (Å²) in [6.07, 6.45) is 0. The van der Waals surface area contributed by atoms with Crippen LogP contribution >= 0.6 is 0 Å². The van der Waals surface area contributed by atoms with Gasteiger partial charge in [0.15, 0.2) is 0 Å². The predicted molar refractivity (Wildman–Crippen MR) is 55.9 cm³/mol. The van der Waals surface area contributed by atoms with E-state index in [0.717, 1.165) is 17.1 Å². The first-order chi connectivity index (χ1) is 6.27. The number of aryl methyl sites for hydroxylation is 2. The predicted octanol–water partition coefficient (Wildman–Crippen LogP) is 2.05. The molecule has 1 aromatic heterocycles. The molecule has 1 aromatic carbocycles. The standard InChI is InChI=1S/C10H11N3.H3N/c1-8-9(2)12-13(11-8)10-6-4-3-5-7-10;/h3-7H,1-2H3;1H3. The number of benzene rings is 1. The van der Waals surface area contributed by atoms with E-state index in [1.165, 1.54) is 0 Å². The van der Waals surface area contributed by atoms with Gasteiger partial charge >= 0.3 is 0 Å². The Labute approximate surface area is 83.1 Å². The van der Waals surface area contributed by atoms with Gasteiger partial charge in [-0.1, -0.05) is 18.2 Å². The van der Waals surface area contributed by atoms with Crippen LogP contribution in [0.5, 0.6) is 0 Å². The molecule has 0 aliphatic carbocycles. The highest BCUT2D eigenvalue weighted by Gasteiger charge is 2.02. The lowest BCUT2D eigenvalue weighted by molar-refractivity contribution is 0.741. The van der Waals surface area contributed by atoms with Crippen LogP contribution in [0.15, 0.2) is 30.3 Å². The fraction of sp³-hybridized carbons (Fsp3) is 0.200. The lowest BCUT2D eigenvalue weighted by Crippen LogP contribution is -1.97. The molecule has 2 rings (SSSR count). The number of hydrogen-bond acceptors (Lipinski definition) is 3. The molecule has 74 valence electrons. The van der Waals surface area contributed by atoms with Crippen molar-refractivity contribution in [3.05, 3.63) is 41.7 Å². The maximum atomic E-state index is 4.29. The minimum absolute atomic E-state index is 0. The minimum atomic E-state index is 0. The van der Waals surface area contributed by atoms with Crippen molar-refractivity contribution in [1.29, 1.82) is 0 Å². The monoisotopic (exact) mass is 190 g/mol. The lowest BCUT2D eigenvalue weighted by Gasteiger charge is -1.96. The van der Waals surface area contributed by atoms with E-state index in [1.807, 2.05) is 44.2 Å². The number of nitrogens with zero attached hydrogens (tertiary/aromatic N) is 3. The SMILES string of the molecule is Cc1nn(-c2ccccc2)nc1C.N. The van der Waals surface area contributed by atoms with Crippen LogP contribution in [0.1, 0.15) is 11.4 Å². The molecule has 0 radical (unpaired) electrons. The third-order valence-electron chi connectivity index (χ3n) is 2.00. The van der Waals surface area contributed by atoms with Crippen LogP contribution < -0.4 is 6.15 Å². The van der Waals surface area contributed by atoms with Crippen LogP contribution in [0.3, 0.4) is 0 Å². The number of rotatable bonds is 1. The molecule has 4 heteroatoms. The summed E-state index contributed by atoms with van der Waals surface area (Å²) in [4.78, 5) is 1.66. The highest BCUT2D eigenvalue weighted by molar-refractivity contribution is 5.29. The summed E-state index contributed by atoms with van der Waals surface area (Å²) < 4.78 is 0. The molecule has 4 nitrogen and oxygen atoms in total. The van der Waals surface area contributed by atoms with Crippen LogP contribution in [0.25, 0.3) is 5.69 Å². The van der Waals surface area contributed by atoms with Gasteiger partial charge in [-0.05, 0) is 26.0 Å². The quantitative estimate of drug-likeness (QED) is 0.748. The highest BCUT2D eigenvalue weighted by Crippen LogP contribution is 2.06. The maximum absolute atomic E-state index is 4.29. The van der Waals surface area contributed by atoms with Crippen molar-refractivity contribution < 1.29 is 0 Å². The minimum Gasteiger partial charge on any atom is -0.344 e. The van der Waals surface area contributed by atoms with Crippen LogP contribution in [0.4, 0.5) is 0 Å². The highest BCUT2D eigenvalue weighted by atomic mass is 15.5. The second kappa shape index (κ2) is 4.02. The van der Waals surface area contributed by atoms with Crippen LogP contribution in [-0.2, 0) is 0 Å². The Kier molecular flexibility index (Phi) is 2.99. The van der Waals surface area contributed by atoms with Gasteiger partial charge in [-0.15, -0.1) is 0 Å². The Morgan fingerprint density at radius 2 is 1.43 bits per heavy atom. The summed E-state index contributed by atoms with van der Waals surface area (Å²) in [5.41, 5.74) is 2.95. The molecule has 1 heterocycles. The van der Waals surface area contributed by atoms with Gasteiger partial charge in [-0.2, -0.15) is 15.0 Å². The molecular formula is C10H14N4. The van der Waals surface area contributed by atoms with Crippen molar-refractivity contribution in [2.75, 3.05) is 0 Å². The summed E-state index contributed by atoms with van der Waals surface area (Å²) in [7, 11) is 0. The Morgan fingerprint density at radius 3 is 1.93 bits per heavy atom. The zero-order valence-electron chi connectivity index (χ0n) is 8.44. The van der Waals surface area contributed by atoms with E-state index in [2.05, 4.69) is 10.2 Å². The molecule has 0 bridgehead atoms. The summed E-state index contributed by atoms with van der Waals surface area (Å²) in [5.74, 6) is 0. The molecule has 14 heavy (non-hydrogen) atoms. The fourth-order valence-electron chi connectivity index (χ4n) is 1.13. The van der Waals surface area contributed by atoms with Gasteiger partial charge in [-0.25, -0.2) is 0 Å². The Balaban J connectivity index is 0.000000980. The molecule has 0 atom stereocenters. The molecule has 0 unspecified atom stereocenters. The van der Waals surface area contributed by atoms with Crippen LogP contribution in [0, 0.1) is 13.8 Å². The van der Waals surface area contributed by atoms with E-state index in [1.54, 1.807) is 4.80 Å². The Morgan fingerprint density at radius 1 is 0.929 bits per heavy atom. The summed E-state index contributed by atoms with van der Waals surface area (Å²) in [6.45, 7) is 3.92. The number of para-hydroxylation sites is 1. The van der Waals surface area contributed by atoms with E-state index < -0.39 is 0 Å². The molecule has 3 N–H and O–H groups in total. The zero-order valence-corrected chi connectivity index (χ0v) is 8.44. The maximum Gasteiger partial charge on any atom is 0.0856 e. The second-order valence-electron chi connectivity index (χ2n) is 3.00. The van der Waals surface area contributed by atoms with Crippen molar-refractivity contribution in [3.8, 4) is 5.69 Å². The topological polar surface area (TPSA) is 65.7 Å². The zero-order chi connectivity index (χ0) is 9.26. The molecule has 0 saturated carbocycles. The molecular weight excluding hydrogens is 176 g/mol. The largest absolute Gasteiger partial charge is 0.344 e. The van der Waals surface area contributed by atoms with E-state index in [9.17, 15) is 0 Å². The molecule has 0 fully saturated rings.